The lowest BCUT2D eigenvalue weighted by atomic mass is 10.1. The summed E-state index contributed by atoms with van der Waals surface area (Å²) in [7, 11) is 3.13. The third kappa shape index (κ3) is 4.18. The maximum Gasteiger partial charge on any atom is 0.266 e. The number of ketones is 1. The van der Waals surface area contributed by atoms with E-state index in [1.807, 2.05) is 18.2 Å². The average Bonchev–Trinajstić information content (AvgIpc) is 2.82. The molecule has 156 valence electrons. The third-order valence-electron chi connectivity index (χ3n) is 4.82. The number of aromatic nitrogens is 2. The van der Waals surface area contributed by atoms with Gasteiger partial charge in [-0.25, -0.2) is 4.98 Å². The number of fused-ring (bicyclic) bond motifs is 1. The van der Waals surface area contributed by atoms with E-state index in [0.29, 0.717) is 38.8 Å². The first-order chi connectivity index (χ1) is 15.1. The van der Waals surface area contributed by atoms with Crippen LogP contribution in [0, 0.1) is 0 Å². The smallest absolute Gasteiger partial charge is 0.266 e. The predicted molar refractivity (Wildman–Crippen MR) is 122 cm³/mol. The molecule has 1 heterocycles. The Bertz CT molecular complexity index is 1300. The van der Waals surface area contributed by atoms with Crippen LogP contribution in [0.4, 0.5) is 0 Å². The Morgan fingerprint density at radius 1 is 0.935 bits per heavy atom. The Morgan fingerprint density at radius 3 is 2.39 bits per heavy atom. The van der Waals surface area contributed by atoms with E-state index in [9.17, 15) is 9.59 Å². The number of hydrogen-bond donors (Lipinski definition) is 0. The quantitative estimate of drug-likeness (QED) is 0.245. The number of rotatable bonds is 7. The minimum Gasteiger partial charge on any atom is -0.497 e. The number of thioether (sulfide) groups is 1. The van der Waals surface area contributed by atoms with Gasteiger partial charge in [0.05, 0.1) is 36.6 Å². The van der Waals surface area contributed by atoms with Gasteiger partial charge < -0.3 is 9.47 Å². The number of Topliss-reactive ketones (excluding diaryl/α,β-unsaturated/α-hetero) is 1. The maximum absolute atomic E-state index is 13.4. The molecule has 0 saturated heterocycles. The van der Waals surface area contributed by atoms with Gasteiger partial charge in [0, 0.05) is 5.56 Å². The fourth-order valence-corrected chi connectivity index (χ4v) is 4.13. The number of methoxy groups -OCH3 is 2. The van der Waals surface area contributed by atoms with E-state index in [0.717, 1.165) is 0 Å². The average molecular weight is 433 g/mol. The van der Waals surface area contributed by atoms with E-state index >= 15 is 0 Å². The lowest BCUT2D eigenvalue weighted by Crippen LogP contribution is -2.22. The van der Waals surface area contributed by atoms with E-state index in [1.165, 1.54) is 16.3 Å². The zero-order chi connectivity index (χ0) is 21.8. The van der Waals surface area contributed by atoms with E-state index in [-0.39, 0.29) is 17.1 Å². The van der Waals surface area contributed by atoms with Gasteiger partial charge in [0.15, 0.2) is 10.9 Å². The topological polar surface area (TPSA) is 70.4 Å². The molecule has 0 saturated carbocycles. The van der Waals surface area contributed by atoms with Crippen molar-refractivity contribution in [3.8, 4) is 17.2 Å². The molecule has 6 nitrogen and oxygen atoms in total. The van der Waals surface area contributed by atoms with Gasteiger partial charge >= 0.3 is 0 Å². The Hall–Kier alpha value is -3.58. The number of ether oxygens (including phenoxy) is 2. The number of nitrogens with zero attached hydrogens (tertiary/aromatic N) is 2. The second-order valence-corrected chi connectivity index (χ2v) is 7.61. The molecule has 0 amide bonds. The molecule has 1 aromatic heterocycles. The van der Waals surface area contributed by atoms with E-state index in [4.69, 9.17) is 9.47 Å². The molecule has 31 heavy (non-hydrogen) atoms. The van der Waals surface area contributed by atoms with Crippen molar-refractivity contribution in [2.24, 2.45) is 0 Å². The Kier molecular flexibility index (Phi) is 6.04. The lowest BCUT2D eigenvalue weighted by Gasteiger charge is -2.15. The Morgan fingerprint density at radius 2 is 1.65 bits per heavy atom. The first-order valence-electron chi connectivity index (χ1n) is 9.57. The minimum absolute atomic E-state index is 0.0679. The molecule has 0 aliphatic carbocycles. The van der Waals surface area contributed by atoms with Crippen LogP contribution in [0.3, 0.4) is 0 Å². The van der Waals surface area contributed by atoms with Gasteiger partial charge in [0.2, 0.25) is 0 Å². The van der Waals surface area contributed by atoms with Crippen molar-refractivity contribution in [2.45, 2.75) is 5.16 Å². The van der Waals surface area contributed by atoms with Crippen molar-refractivity contribution in [3.05, 3.63) is 88.7 Å². The number of benzene rings is 3. The molecular formula is C24H20N2O4S. The first kappa shape index (κ1) is 20.7. The molecule has 0 spiro atoms. The van der Waals surface area contributed by atoms with Crippen LogP contribution in [-0.2, 0) is 0 Å². The number of para-hydroxylation sites is 3. The fraction of sp³-hybridized carbons (Fsp3) is 0.125. The molecule has 0 N–H and O–H groups in total. The summed E-state index contributed by atoms with van der Waals surface area (Å²) in [5.41, 5.74) is 1.51. The van der Waals surface area contributed by atoms with Crippen LogP contribution in [-0.4, -0.2) is 35.3 Å². The van der Waals surface area contributed by atoms with Crippen LogP contribution < -0.4 is 15.0 Å². The van der Waals surface area contributed by atoms with Crippen LogP contribution in [0.15, 0.2) is 82.7 Å². The second-order valence-electron chi connectivity index (χ2n) is 6.66. The van der Waals surface area contributed by atoms with E-state index in [1.54, 1.807) is 68.8 Å². The van der Waals surface area contributed by atoms with E-state index in [2.05, 4.69) is 4.98 Å². The Balaban J connectivity index is 1.75. The van der Waals surface area contributed by atoms with Crippen molar-refractivity contribution in [2.75, 3.05) is 20.0 Å². The van der Waals surface area contributed by atoms with Crippen molar-refractivity contribution < 1.29 is 14.3 Å². The van der Waals surface area contributed by atoms with Gasteiger partial charge in [0.25, 0.3) is 5.56 Å². The van der Waals surface area contributed by atoms with Crippen LogP contribution in [0.5, 0.6) is 11.5 Å². The third-order valence-corrected chi connectivity index (χ3v) is 5.75. The van der Waals surface area contributed by atoms with E-state index < -0.39 is 0 Å². The highest BCUT2D eigenvalue weighted by Crippen LogP contribution is 2.27. The van der Waals surface area contributed by atoms with Gasteiger partial charge in [0.1, 0.15) is 11.5 Å². The number of hydrogen-bond acceptors (Lipinski definition) is 6. The zero-order valence-corrected chi connectivity index (χ0v) is 17.9. The van der Waals surface area contributed by atoms with Crippen molar-refractivity contribution >= 4 is 28.4 Å². The summed E-state index contributed by atoms with van der Waals surface area (Å²) in [6.07, 6.45) is 0. The second kappa shape index (κ2) is 9.06. The number of carbonyl (C=O) groups excluding carboxylic acids is 1. The summed E-state index contributed by atoms with van der Waals surface area (Å²) >= 11 is 1.22. The molecule has 3 aromatic carbocycles. The van der Waals surface area contributed by atoms with Crippen molar-refractivity contribution in [1.29, 1.82) is 0 Å². The highest BCUT2D eigenvalue weighted by atomic mass is 32.2. The van der Waals surface area contributed by atoms with Gasteiger partial charge in [-0.1, -0.05) is 36.0 Å². The fourth-order valence-electron chi connectivity index (χ4n) is 3.23. The minimum atomic E-state index is -0.213. The van der Waals surface area contributed by atoms with Gasteiger partial charge in [-0.05, 0) is 48.5 Å². The molecular weight excluding hydrogens is 412 g/mol. The molecule has 4 aromatic rings. The standard InChI is InChI=1S/C24H20N2O4S/c1-29-17-13-11-16(12-14-17)21(27)15-31-24-25-19-8-4-3-7-18(19)23(28)26(24)20-9-5-6-10-22(20)30-2/h3-14H,15H2,1-2H3. The van der Waals surface area contributed by atoms with Crippen LogP contribution in [0.1, 0.15) is 10.4 Å². The predicted octanol–water partition coefficient (Wildman–Crippen LogP) is 4.38. The zero-order valence-electron chi connectivity index (χ0n) is 17.1. The summed E-state index contributed by atoms with van der Waals surface area (Å²) in [4.78, 5) is 30.8. The van der Waals surface area contributed by atoms with Gasteiger partial charge in [-0.3, -0.25) is 14.2 Å². The molecule has 4 rings (SSSR count). The number of carbonyl (C=O) groups is 1. The van der Waals surface area contributed by atoms with Crippen molar-refractivity contribution in [3.63, 3.8) is 0 Å². The molecule has 0 aliphatic heterocycles. The highest BCUT2D eigenvalue weighted by Gasteiger charge is 2.17. The molecule has 0 aliphatic rings. The van der Waals surface area contributed by atoms with Crippen molar-refractivity contribution in [1.82, 2.24) is 9.55 Å². The molecule has 7 heteroatoms. The SMILES string of the molecule is COc1ccc(C(=O)CSc2nc3ccccc3c(=O)n2-c2ccccc2OC)cc1. The largest absolute Gasteiger partial charge is 0.497 e. The Labute approximate surface area is 183 Å². The monoisotopic (exact) mass is 432 g/mol. The summed E-state index contributed by atoms with van der Waals surface area (Å²) in [6, 6.07) is 21.4. The summed E-state index contributed by atoms with van der Waals surface area (Å²) in [5, 5.41) is 0.925. The molecule has 0 fully saturated rings. The van der Waals surface area contributed by atoms with Gasteiger partial charge in [-0.15, -0.1) is 0 Å². The van der Waals surface area contributed by atoms with Gasteiger partial charge in [-0.2, -0.15) is 0 Å². The molecule has 0 bridgehead atoms. The molecule has 0 atom stereocenters. The summed E-state index contributed by atoms with van der Waals surface area (Å²) < 4.78 is 12.1. The summed E-state index contributed by atoms with van der Waals surface area (Å²) in [6.45, 7) is 0. The molecule has 0 radical (unpaired) electrons. The maximum atomic E-state index is 13.4. The normalized spacial score (nSPS) is 10.8. The highest BCUT2D eigenvalue weighted by molar-refractivity contribution is 7.99. The molecule has 0 unspecified atom stereocenters. The lowest BCUT2D eigenvalue weighted by molar-refractivity contribution is 0.102. The van der Waals surface area contributed by atoms with Crippen LogP contribution in [0.2, 0.25) is 0 Å². The first-order valence-corrected chi connectivity index (χ1v) is 10.6. The summed E-state index contributed by atoms with van der Waals surface area (Å²) in [5.74, 6) is 1.30. The van der Waals surface area contributed by atoms with Crippen LogP contribution >= 0.6 is 11.8 Å². The van der Waals surface area contributed by atoms with Crippen LogP contribution in [0.25, 0.3) is 16.6 Å².